The summed E-state index contributed by atoms with van der Waals surface area (Å²) in [6.07, 6.45) is 1.68. The first-order chi connectivity index (χ1) is 17.1. The van der Waals surface area contributed by atoms with Crippen molar-refractivity contribution >= 4 is 51.1 Å². The Hall–Kier alpha value is -3.33. The molecule has 180 valence electrons. The molecule has 4 aromatic rings. The minimum atomic E-state index is -0.169. The average molecular weight is 508 g/mol. The van der Waals surface area contributed by atoms with E-state index in [1.165, 1.54) is 17.0 Å². The maximum atomic E-state index is 12.7. The van der Waals surface area contributed by atoms with Gasteiger partial charge in [-0.1, -0.05) is 23.7 Å². The zero-order valence-corrected chi connectivity index (χ0v) is 20.7. The van der Waals surface area contributed by atoms with Gasteiger partial charge in [0, 0.05) is 50.0 Å². The third-order valence-corrected chi connectivity index (χ3v) is 7.54. The summed E-state index contributed by atoms with van der Waals surface area (Å²) in [7, 11) is 0. The summed E-state index contributed by atoms with van der Waals surface area (Å²) >= 11 is 7.74. The molecule has 5 rings (SSSR count). The number of piperazine rings is 1. The summed E-state index contributed by atoms with van der Waals surface area (Å²) < 4.78 is 5.94. The largest absolute Gasteiger partial charge is 0.488 e. The summed E-state index contributed by atoms with van der Waals surface area (Å²) in [5.74, 6) is 1.10. The second-order valence-corrected chi connectivity index (χ2v) is 9.88. The van der Waals surface area contributed by atoms with Gasteiger partial charge in [-0.05, 0) is 53.4 Å². The number of hydrogen-bond donors (Lipinski definition) is 3. The van der Waals surface area contributed by atoms with Crippen LogP contribution >= 0.6 is 22.9 Å². The molecular weight excluding hydrogens is 482 g/mol. The summed E-state index contributed by atoms with van der Waals surface area (Å²) in [5.41, 5.74) is 8.09. The number of ether oxygens (including phenoxy) is 1. The fraction of sp³-hybridized carbons (Fsp3) is 0.231. The predicted molar refractivity (Wildman–Crippen MR) is 143 cm³/mol. The zero-order valence-electron chi connectivity index (χ0n) is 19.1. The van der Waals surface area contributed by atoms with Gasteiger partial charge < -0.3 is 26.0 Å². The summed E-state index contributed by atoms with van der Waals surface area (Å²) in [6, 6.07) is 17.6. The number of amides is 1. The van der Waals surface area contributed by atoms with Gasteiger partial charge in [-0.2, -0.15) is 0 Å². The van der Waals surface area contributed by atoms with Gasteiger partial charge in [-0.3, -0.25) is 4.79 Å². The van der Waals surface area contributed by atoms with E-state index in [1.807, 2.05) is 36.4 Å². The second-order valence-electron chi connectivity index (χ2n) is 8.34. The average Bonchev–Trinajstić information content (AvgIpc) is 3.27. The van der Waals surface area contributed by atoms with Crippen molar-refractivity contribution in [2.45, 2.75) is 13.2 Å². The number of halogens is 1. The van der Waals surface area contributed by atoms with Gasteiger partial charge in [-0.15, -0.1) is 11.3 Å². The number of benzene rings is 2. The Labute approximate surface area is 212 Å². The smallest absolute Gasteiger partial charge is 0.261 e. The molecule has 0 radical (unpaired) electrons. The molecule has 0 aliphatic carbocycles. The zero-order chi connectivity index (χ0) is 24.2. The first kappa shape index (κ1) is 23.4. The highest BCUT2D eigenvalue weighted by Gasteiger charge is 2.15. The molecule has 7 nitrogen and oxygen atoms in total. The third-order valence-electron chi connectivity index (χ3n) is 5.98. The third kappa shape index (κ3) is 5.51. The van der Waals surface area contributed by atoms with E-state index in [-0.39, 0.29) is 5.91 Å². The molecular formula is C26H26ClN5O2S. The lowest BCUT2D eigenvalue weighted by molar-refractivity contribution is 0.0955. The number of nitrogens with zero attached hydrogens (tertiary/aromatic N) is 2. The molecule has 0 bridgehead atoms. The molecule has 0 atom stereocenters. The number of rotatable bonds is 7. The van der Waals surface area contributed by atoms with Crippen molar-refractivity contribution in [1.82, 2.24) is 15.6 Å². The monoisotopic (exact) mass is 507 g/mol. The van der Waals surface area contributed by atoms with E-state index in [4.69, 9.17) is 22.1 Å². The first-order valence-electron chi connectivity index (χ1n) is 11.4. The summed E-state index contributed by atoms with van der Waals surface area (Å²) in [4.78, 5) is 20.5. The van der Waals surface area contributed by atoms with Gasteiger partial charge in [0.05, 0.1) is 14.8 Å². The highest BCUT2D eigenvalue weighted by Crippen LogP contribution is 2.29. The molecule has 2 aromatic heterocycles. The van der Waals surface area contributed by atoms with Crippen molar-refractivity contribution < 1.29 is 9.53 Å². The van der Waals surface area contributed by atoms with Crippen LogP contribution in [0.1, 0.15) is 20.1 Å². The Morgan fingerprint density at radius 3 is 2.74 bits per heavy atom. The van der Waals surface area contributed by atoms with E-state index < -0.39 is 0 Å². The van der Waals surface area contributed by atoms with Crippen LogP contribution in [0.2, 0.25) is 5.02 Å². The van der Waals surface area contributed by atoms with Crippen molar-refractivity contribution in [3.63, 3.8) is 0 Å². The van der Waals surface area contributed by atoms with Gasteiger partial charge in [0.2, 0.25) is 0 Å². The number of anilines is 2. The number of aromatic nitrogens is 1. The van der Waals surface area contributed by atoms with Crippen LogP contribution in [-0.2, 0) is 13.2 Å². The molecule has 0 saturated carbocycles. The van der Waals surface area contributed by atoms with E-state index in [9.17, 15) is 4.79 Å². The molecule has 0 unspecified atom stereocenters. The Kier molecular flexibility index (Phi) is 7.03. The van der Waals surface area contributed by atoms with Crippen molar-refractivity contribution in [2.75, 3.05) is 36.8 Å². The molecule has 35 heavy (non-hydrogen) atoms. The summed E-state index contributed by atoms with van der Waals surface area (Å²) in [6.45, 7) is 4.72. The quantitative estimate of drug-likeness (QED) is 0.342. The number of hydrogen-bond acceptors (Lipinski definition) is 7. The van der Waals surface area contributed by atoms with Gasteiger partial charge in [0.25, 0.3) is 5.91 Å². The normalized spacial score (nSPS) is 13.7. The Morgan fingerprint density at radius 1 is 1.14 bits per heavy atom. The molecule has 4 N–H and O–H groups in total. The highest BCUT2D eigenvalue weighted by molar-refractivity contribution is 7.14. The number of pyridine rings is 1. The standard InChI is InChI=1S/C26H26ClN5O2S/c27-22-14-23(26(33)31-15-17-1-6-21-18(13-17)7-8-30-25(21)28)35-24(22)16-34-20-4-2-19(3-5-20)32-11-9-29-10-12-32/h1-8,13-14,29H,9-12,15-16H2,(H2,28,30)(H,31,33). The topological polar surface area (TPSA) is 92.5 Å². The molecule has 0 spiro atoms. The minimum absolute atomic E-state index is 0.169. The Morgan fingerprint density at radius 2 is 1.94 bits per heavy atom. The van der Waals surface area contributed by atoms with Gasteiger partial charge in [0.15, 0.2) is 0 Å². The predicted octanol–water partition coefficient (Wildman–Crippen LogP) is 4.45. The van der Waals surface area contributed by atoms with Crippen LogP contribution in [0.3, 0.4) is 0 Å². The lowest BCUT2D eigenvalue weighted by Gasteiger charge is -2.29. The van der Waals surface area contributed by atoms with Crippen LogP contribution in [0.4, 0.5) is 11.5 Å². The molecule has 2 aromatic carbocycles. The van der Waals surface area contributed by atoms with Gasteiger partial charge in [0.1, 0.15) is 18.2 Å². The van der Waals surface area contributed by atoms with Crippen LogP contribution < -0.4 is 26.0 Å². The van der Waals surface area contributed by atoms with E-state index in [2.05, 4.69) is 32.7 Å². The minimum Gasteiger partial charge on any atom is -0.488 e. The second kappa shape index (κ2) is 10.5. The van der Waals surface area contributed by atoms with E-state index in [0.717, 1.165) is 53.1 Å². The Bertz CT molecular complexity index is 1340. The fourth-order valence-corrected chi connectivity index (χ4v) is 5.30. The number of nitrogen functional groups attached to an aromatic ring is 1. The van der Waals surface area contributed by atoms with E-state index in [0.29, 0.717) is 28.9 Å². The molecule has 1 aliphatic heterocycles. The number of carbonyl (C=O) groups is 1. The van der Waals surface area contributed by atoms with Crippen LogP contribution in [-0.4, -0.2) is 37.1 Å². The SMILES string of the molecule is Nc1nccc2cc(CNC(=O)c3cc(Cl)c(COc4ccc(N5CCNCC5)cc4)s3)ccc12. The molecule has 9 heteroatoms. The lowest BCUT2D eigenvalue weighted by atomic mass is 10.1. The number of fused-ring (bicyclic) bond motifs is 1. The number of carbonyl (C=O) groups excluding carboxylic acids is 1. The molecule has 1 saturated heterocycles. The van der Waals surface area contributed by atoms with Crippen molar-refractivity contribution in [1.29, 1.82) is 0 Å². The van der Waals surface area contributed by atoms with Crippen molar-refractivity contribution in [3.8, 4) is 5.75 Å². The van der Waals surface area contributed by atoms with Crippen LogP contribution in [0.15, 0.2) is 60.8 Å². The maximum Gasteiger partial charge on any atom is 0.261 e. The van der Waals surface area contributed by atoms with E-state index in [1.54, 1.807) is 12.3 Å². The molecule has 1 amide bonds. The molecule has 3 heterocycles. The summed E-state index contributed by atoms with van der Waals surface area (Å²) in [5, 5.41) is 8.75. The van der Waals surface area contributed by atoms with E-state index >= 15 is 0 Å². The lowest BCUT2D eigenvalue weighted by Crippen LogP contribution is -2.43. The van der Waals surface area contributed by atoms with Crippen molar-refractivity contribution in [3.05, 3.63) is 81.1 Å². The van der Waals surface area contributed by atoms with Gasteiger partial charge >= 0.3 is 0 Å². The molecule has 1 aliphatic rings. The van der Waals surface area contributed by atoms with Crippen LogP contribution in [0.5, 0.6) is 5.75 Å². The first-order valence-corrected chi connectivity index (χ1v) is 12.6. The highest BCUT2D eigenvalue weighted by atomic mass is 35.5. The van der Waals surface area contributed by atoms with Crippen molar-refractivity contribution in [2.24, 2.45) is 0 Å². The van der Waals surface area contributed by atoms with Crippen LogP contribution in [0, 0.1) is 0 Å². The Balaban J connectivity index is 1.17. The number of nitrogens with one attached hydrogen (secondary N) is 2. The van der Waals surface area contributed by atoms with Crippen LogP contribution in [0.25, 0.3) is 10.8 Å². The molecule has 1 fully saturated rings. The van der Waals surface area contributed by atoms with Gasteiger partial charge in [-0.25, -0.2) is 4.98 Å². The number of nitrogens with two attached hydrogens (primary N) is 1. The number of thiophene rings is 1. The fourth-order valence-electron chi connectivity index (χ4n) is 4.07. The maximum absolute atomic E-state index is 12.7.